The topological polar surface area (TPSA) is 103 Å². The van der Waals surface area contributed by atoms with Crippen LogP contribution in [0.5, 0.6) is 11.5 Å². The molecule has 0 bridgehead atoms. The Labute approximate surface area is 193 Å². The van der Waals surface area contributed by atoms with E-state index in [1.54, 1.807) is 30.0 Å². The summed E-state index contributed by atoms with van der Waals surface area (Å²) in [5, 5.41) is 12.1. The maximum atomic E-state index is 13.1. The second kappa shape index (κ2) is 9.86. The van der Waals surface area contributed by atoms with Gasteiger partial charge in [-0.15, -0.1) is 5.10 Å². The summed E-state index contributed by atoms with van der Waals surface area (Å²) < 4.78 is 40.1. The van der Waals surface area contributed by atoms with Crippen LogP contribution in [0.3, 0.4) is 0 Å². The predicted octanol–water partition coefficient (Wildman–Crippen LogP) is 1.88. The van der Waals surface area contributed by atoms with E-state index in [2.05, 4.69) is 20.4 Å². The van der Waals surface area contributed by atoms with Gasteiger partial charge in [0.15, 0.2) is 5.82 Å². The standard InChI is InChI=1S/C22H28N6O4S/c1-4-32-19-7-5-18(6-8-19)28-22(23-24-25-28)16-26-11-13-27(14-12-26)33(29,30)20-9-10-21(31-3)17(2)15-20/h5-10,15H,4,11-14,16H2,1-3H3. The number of aromatic nitrogens is 4. The number of hydrogen-bond donors (Lipinski definition) is 0. The van der Waals surface area contributed by atoms with Crippen LogP contribution in [-0.2, 0) is 16.6 Å². The van der Waals surface area contributed by atoms with Crippen LogP contribution in [0.1, 0.15) is 18.3 Å². The molecule has 0 spiro atoms. The van der Waals surface area contributed by atoms with Crippen LogP contribution in [0, 0.1) is 6.92 Å². The molecule has 2 aromatic carbocycles. The van der Waals surface area contributed by atoms with E-state index in [4.69, 9.17) is 9.47 Å². The molecule has 0 amide bonds. The Bertz CT molecular complexity index is 1190. The molecule has 1 aromatic heterocycles. The van der Waals surface area contributed by atoms with Gasteiger partial charge in [-0.1, -0.05) is 0 Å². The SMILES string of the molecule is CCOc1ccc(-n2nnnc2CN2CCN(S(=O)(=O)c3ccc(OC)c(C)c3)CC2)cc1. The van der Waals surface area contributed by atoms with Crippen molar-refractivity contribution in [3.05, 3.63) is 53.9 Å². The summed E-state index contributed by atoms with van der Waals surface area (Å²) in [5.74, 6) is 2.16. The van der Waals surface area contributed by atoms with E-state index >= 15 is 0 Å². The van der Waals surface area contributed by atoms with Crippen molar-refractivity contribution in [3.63, 3.8) is 0 Å². The van der Waals surface area contributed by atoms with Crippen LogP contribution in [0.25, 0.3) is 5.69 Å². The molecule has 0 radical (unpaired) electrons. The first-order valence-corrected chi connectivity index (χ1v) is 12.2. The van der Waals surface area contributed by atoms with E-state index in [0.717, 1.165) is 17.0 Å². The second-order valence-corrected chi connectivity index (χ2v) is 9.68. The zero-order chi connectivity index (χ0) is 23.4. The monoisotopic (exact) mass is 472 g/mol. The maximum absolute atomic E-state index is 13.1. The normalized spacial score (nSPS) is 15.5. The van der Waals surface area contributed by atoms with Gasteiger partial charge in [0, 0.05) is 26.2 Å². The number of tetrazole rings is 1. The molecule has 176 valence electrons. The third-order valence-corrected chi connectivity index (χ3v) is 7.52. The summed E-state index contributed by atoms with van der Waals surface area (Å²) >= 11 is 0. The van der Waals surface area contributed by atoms with Gasteiger partial charge in [-0.25, -0.2) is 8.42 Å². The van der Waals surface area contributed by atoms with Gasteiger partial charge in [0.2, 0.25) is 10.0 Å². The Morgan fingerprint density at radius 1 is 1.03 bits per heavy atom. The van der Waals surface area contributed by atoms with Crippen LogP contribution in [0.4, 0.5) is 0 Å². The first kappa shape index (κ1) is 23.1. The van der Waals surface area contributed by atoms with Gasteiger partial charge in [0.1, 0.15) is 11.5 Å². The highest BCUT2D eigenvalue weighted by Gasteiger charge is 2.29. The third kappa shape index (κ3) is 5.00. The first-order valence-electron chi connectivity index (χ1n) is 10.8. The molecular formula is C22H28N6O4S. The molecule has 0 unspecified atom stereocenters. The van der Waals surface area contributed by atoms with Gasteiger partial charge in [-0.05, 0) is 72.3 Å². The van der Waals surface area contributed by atoms with Crippen molar-refractivity contribution in [2.75, 3.05) is 39.9 Å². The Hall–Kier alpha value is -3.02. The van der Waals surface area contributed by atoms with E-state index in [1.807, 2.05) is 38.1 Å². The molecule has 1 fully saturated rings. The molecule has 0 aliphatic carbocycles. The maximum Gasteiger partial charge on any atom is 0.243 e. The van der Waals surface area contributed by atoms with Crippen LogP contribution in [-0.4, -0.2) is 77.7 Å². The number of sulfonamides is 1. The Balaban J connectivity index is 1.40. The number of rotatable bonds is 8. The highest BCUT2D eigenvalue weighted by Crippen LogP contribution is 2.25. The lowest BCUT2D eigenvalue weighted by Crippen LogP contribution is -2.48. The largest absolute Gasteiger partial charge is 0.496 e. The average Bonchev–Trinajstić information content (AvgIpc) is 3.28. The van der Waals surface area contributed by atoms with Crippen molar-refractivity contribution >= 4 is 10.0 Å². The van der Waals surface area contributed by atoms with Gasteiger partial charge in [0.25, 0.3) is 0 Å². The molecule has 1 aliphatic heterocycles. The summed E-state index contributed by atoms with van der Waals surface area (Å²) in [4.78, 5) is 2.44. The van der Waals surface area contributed by atoms with E-state index in [9.17, 15) is 8.42 Å². The van der Waals surface area contributed by atoms with Gasteiger partial charge in [0.05, 0.1) is 30.8 Å². The zero-order valence-electron chi connectivity index (χ0n) is 19.0. The summed E-state index contributed by atoms with van der Waals surface area (Å²) in [6.45, 7) is 6.89. The van der Waals surface area contributed by atoms with Crippen LogP contribution < -0.4 is 9.47 Å². The van der Waals surface area contributed by atoms with Gasteiger partial charge in [-0.3, -0.25) is 4.90 Å². The fourth-order valence-corrected chi connectivity index (χ4v) is 5.35. The number of nitrogens with zero attached hydrogens (tertiary/aromatic N) is 6. The van der Waals surface area contributed by atoms with Gasteiger partial charge < -0.3 is 9.47 Å². The smallest absolute Gasteiger partial charge is 0.243 e. The molecule has 10 nitrogen and oxygen atoms in total. The molecule has 0 N–H and O–H groups in total. The van der Waals surface area contributed by atoms with Crippen molar-refractivity contribution in [3.8, 4) is 17.2 Å². The lowest BCUT2D eigenvalue weighted by atomic mass is 10.2. The number of benzene rings is 2. The molecule has 3 aromatic rings. The molecule has 0 saturated carbocycles. The summed E-state index contributed by atoms with van der Waals surface area (Å²) in [7, 11) is -1.99. The van der Waals surface area contributed by atoms with Gasteiger partial charge in [-0.2, -0.15) is 8.99 Å². The Morgan fingerprint density at radius 3 is 2.39 bits per heavy atom. The molecule has 33 heavy (non-hydrogen) atoms. The zero-order valence-corrected chi connectivity index (χ0v) is 19.8. The van der Waals surface area contributed by atoms with Crippen molar-refractivity contribution in [2.24, 2.45) is 0 Å². The lowest BCUT2D eigenvalue weighted by Gasteiger charge is -2.33. The lowest BCUT2D eigenvalue weighted by molar-refractivity contribution is 0.177. The molecular weight excluding hydrogens is 444 g/mol. The summed E-state index contributed by atoms with van der Waals surface area (Å²) in [6.07, 6.45) is 0. The van der Waals surface area contributed by atoms with Crippen LogP contribution in [0.15, 0.2) is 47.4 Å². The number of hydrogen-bond acceptors (Lipinski definition) is 8. The predicted molar refractivity (Wildman–Crippen MR) is 122 cm³/mol. The third-order valence-electron chi connectivity index (χ3n) is 5.63. The van der Waals surface area contributed by atoms with Gasteiger partial charge >= 0.3 is 0 Å². The van der Waals surface area contributed by atoms with E-state index in [-0.39, 0.29) is 4.90 Å². The van der Waals surface area contributed by atoms with Crippen LogP contribution in [0.2, 0.25) is 0 Å². The van der Waals surface area contributed by atoms with Crippen molar-refractivity contribution in [1.82, 2.24) is 29.4 Å². The second-order valence-electron chi connectivity index (χ2n) is 7.75. The van der Waals surface area contributed by atoms with Crippen molar-refractivity contribution in [2.45, 2.75) is 25.3 Å². The molecule has 1 saturated heterocycles. The fourth-order valence-electron chi connectivity index (χ4n) is 3.84. The van der Waals surface area contributed by atoms with E-state index in [1.165, 1.54) is 4.31 Å². The quantitative estimate of drug-likeness (QED) is 0.490. The Morgan fingerprint density at radius 2 is 1.76 bits per heavy atom. The van der Waals surface area contributed by atoms with Crippen molar-refractivity contribution in [1.29, 1.82) is 0 Å². The summed E-state index contributed by atoms with van der Waals surface area (Å²) in [5.41, 5.74) is 1.63. The van der Waals surface area contributed by atoms with Crippen LogP contribution >= 0.6 is 0 Å². The number of ether oxygens (including phenoxy) is 2. The molecule has 11 heteroatoms. The molecule has 2 heterocycles. The minimum Gasteiger partial charge on any atom is -0.496 e. The number of methoxy groups -OCH3 is 1. The highest BCUT2D eigenvalue weighted by atomic mass is 32.2. The first-order chi connectivity index (χ1) is 15.9. The summed E-state index contributed by atoms with van der Waals surface area (Å²) in [6, 6.07) is 12.5. The number of piperazine rings is 1. The fraction of sp³-hybridized carbons (Fsp3) is 0.409. The molecule has 0 atom stereocenters. The molecule has 4 rings (SSSR count). The number of aryl methyl sites for hydroxylation is 1. The average molecular weight is 473 g/mol. The Kier molecular flexibility index (Phi) is 6.91. The minimum atomic E-state index is -3.56. The van der Waals surface area contributed by atoms with E-state index in [0.29, 0.717) is 50.9 Å². The molecule has 1 aliphatic rings. The minimum absolute atomic E-state index is 0.286. The van der Waals surface area contributed by atoms with E-state index < -0.39 is 10.0 Å². The highest BCUT2D eigenvalue weighted by molar-refractivity contribution is 7.89. The van der Waals surface area contributed by atoms with Crippen molar-refractivity contribution < 1.29 is 17.9 Å².